The third-order valence-corrected chi connectivity index (χ3v) is 4.99. The van der Waals surface area contributed by atoms with Crippen LogP contribution in [0.2, 0.25) is 0 Å². The van der Waals surface area contributed by atoms with E-state index in [4.69, 9.17) is 10.5 Å². The summed E-state index contributed by atoms with van der Waals surface area (Å²) in [5.41, 5.74) is 7.12. The molecule has 0 saturated heterocycles. The lowest BCUT2D eigenvalue weighted by Crippen LogP contribution is -2.24. The van der Waals surface area contributed by atoms with E-state index < -0.39 is 0 Å². The highest BCUT2D eigenvalue weighted by Crippen LogP contribution is 2.32. The van der Waals surface area contributed by atoms with Gasteiger partial charge in [-0.25, -0.2) is 9.97 Å². The third kappa shape index (κ3) is 2.24. The van der Waals surface area contributed by atoms with E-state index in [1.807, 2.05) is 13.8 Å². The Hall–Kier alpha value is -1.69. The lowest BCUT2D eigenvalue weighted by molar-refractivity contribution is -0.153. The van der Waals surface area contributed by atoms with E-state index in [1.54, 1.807) is 11.3 Å². The maximum atomic E-state index is 11.7. The van der Waals surface area contributed by atoms with E-state index in [-0.39, 0.29) is 18.5 Å². The Labute approximate surface area is 121 Å². The average molecular weight is 291 g/mol. The number of nitrogens with two attached hydrogens (primary N) is 1. The van der Waals surface area contributed by atoms with Crippen LogP contribution in [-0.4, -0.2) is 15.9 Å². The van der Waals surface area contributed by atoms with Gasteiger partial charge in [-0.3, -0.25) is 4.79 Å². The second-order valence-electron chi connectivity index (χ2n) is 5.22. The first-order valence-electron chi connectivity index (χ1n) is 6.75. The molecule has 1 aliphatic carbocycles. The first-order valence-corrected chi connectivity index (χ1v) is 7.56. The summed E-state index contributed by atoms with van der Waals surface area (Å²) in [5.74, 6) is 0.870. The summed E-state index contributed by atoms with van der Waals surface area (Å²) in [6, 6.07) is 0. The van der Waals surface area contributed by atoms with Gasteiger partial charge in [0.15, 0.2) is 12.4 Å². The molecule has 6 heteroatoms. The van der Waals surface area contributed by atoms with Gasteiger partial charge in [-0.05, 0) is 32.3 Å². The SMILES string of the molecule is Cc1sc2nc(COC(=O)C3CCC3)nc(N)c2c1C. The van der Waals surface area contributed by atoms with Gasteiger partial charge >= 0.3 is 5.97 Å². The molecule has 3 rings (SSSR count). The van der Waals surface area contributed by atoms with Crippen LogP contribution in [0.15, 0.2) is 0 Å². The first-order chi connectivity index (χ1) is 9.56. The van der Waals surface area contributed by atoms with Gasteiger partial charge in [0.05, 0.1) is 11.3 Å². The van der Waals surface area contributed by atoms with Gasteiger partial charge in [0.25, 0.3) is 0 Å². The van der Waals surface area contributed by atoms with Crippen molar-refractivity contribution in [3.8, 4) is 0 Å². The predicted molar refractivity (Wildman–Crippen MR) is 78.4 cm³/mol. The topological polar surface area (TPSA) is 78.1 Å². The normalized spacial score (nSPS) is 15.3. The van der Waals surface area contributed by atoms with Crippen molar-refractivity contribution in [2.24, 2.45) is 5.92 Å². The van der Waals surface area contributed by atoms with Crippen LogP contribution in [0.5, 0.6) is 0 Å². The number of fused-ring (bicyclic) bond motifs is 1. The molecular weight excluding hydrogens is 274 g/mol. The minimum Gasteiger partial charge on any atom is -0.457 e. The van der Waals surface area contributed by atoms with E-state index in [2.05, 4.69) is 9.97 Å². The number of rotatable bonds is 3. The van der Waals surface area contributed by atoms with Gasteiger partial charge in [-0.2, -0.15) is 0 Å². The second-order valence-corrected chi connectivity index (χ2v) is 6.43. The monoisotopic (exact) mass is 291 g/mol. The number of carbonyl (C=O) groups is 1. The molecule has 0 bridgehead atoms. The molecule has 1 saturated carbocycles. The Bertz CT molecular complexity index is 677. The van der Waals surface area contributed by atoms with Gasteiger partial charge in [0, 0.05) is 4.88 Å². The number of ether oxygens (including phenoxy) is 1. The van der Waals surface area contributed by atoms with Crippen LogP contribution in [0.4, 0.5) is 5.82 Å². The van der Waals surface area contributed by atoms with E-state index in [0.717, 1.165) is 35.0 Å². The summed E-state index contributed by atoms with van der Waals surface area (Å²) in [5, 5.41) is 0.918. The Morgan fingerprint density at radius 2 is 2.15 bits per heavy atom. The lowest BCUT2D eigenvalue weighted by Gasteiger charge is -2.22. The van der Waals surface area contributed by atoms with Crippen molar-refractivity contribution < 1.29 is 9.53 Å². The van der Waals surface area contributed by atoms with E-state index >= 15 is 0 Å². The van der Waals surface area contributed by atoms with Crippen LogP contribution in [0.1, 0.15) is 35.5 Å². The van der Waals surface area contributed by atoms with E-state index in [0.29, 0.717) is 11.6 Å². The highest BCUT2D eigenvalue weighted by molar-refractivity contribution is 7.18. The molecule has 5 nitrogen and oxygen atoms in total. The number of anilines is 1. The molecule has 0 amide bonds. The predicted octanol–water partition coefficient (Wildman–Crippen LogP) is 2.73. The Morgan fingerprint density at radius 3 is 2.80 bits per heavy atom. The fraction of sp³-hybridized carbons (Fsp3) is 0.500. The van der Waals surface area contributed by atoms with Crippen LogP contribution in [0.25, 0.3) is 10.2 Å². The molecule has 0 aliphatic heterocycles. The number of aromatic nitrogens is 2. The smallest absolute Gasteiger partial charge is 0.309 e. The van der Waals surface area contributed by atoms with Crippen LogP contribution < -0.4 is 5.73 Å². The average Bonchev–Trinajstić information content (AvgIpc) is 2.60. The van der Waals surface area contributed by atoms with Crippen LogP contribution in [0, 0.1) is 19.8 Å². The first kappa shape index (κ1) is 13.3. The Balaban J connectivity index is 1.80. The lowest BCUT2D eigenvalue weighted by atomic mass is 9.86. The summed E-state index contributed by atoms with van der Waals surface area (Å²) in [6.07, 6.45) is 2.98. The van der Waals surface area contributed by atoms with Gasteiger partial charge in [0.2, 0.25) is 0 Å². The molecule has 0 atom stereocenters. The molecule has 0 aromatic carbocycles. The number of aryl methyl sites for hydroxylation is 2. The van der Waals surface area contributed by atoms with Gasteiger partial charge < -0.3 is 10.5 Å². The van der Waals surface area contributed by atoms with Crippen molar-refractivity contribution in [3.05, 3.63) is 16.3 Å². The van der Waals surface area contributed by atoms with Gasteiger partial charge in [-0.1, -0.05) is 6.42 Å². The van der Waals surface area contributed by atoms with Crippen LogP contribution in [0.3, 0.4) is 0 Å². The standard InChI is InChI=1S/C14H17N3O2S/c1-7-8(2)20-13-11(7)12(15)16-10(17-13)6-19-14(18)9-4-3-5-9/h9H,3-6H2,1-2H3,(H2,15,16,17). The fourth-order valence-corrected chi connectivity index (χ4v) is 3.34. The quantitative estimate of drug-likeness (QED) is 0.880. The second kappa shape index (κ2) is 5.01. The van der Waals surface area contributed by atoms with Crippen molar-refractivity contribution in [2.75, 3.05) is 5.73 Å². The van der Waals surface area contributed by atoms with E-state index in [9.17, 15) is 4.79 Å². The number of carbonyl (C=O) groups excluding carboxylic acids is 1. The van der Waals surface area contributed by atoms with E-state index in [1.165, 1.54) is 4.88 Å². The number of hydrogen-bond acceptors (Lipinski definition) is 6. The molecule has 2 N–H and O–H groups in total. The molecule has 2 aromatic heterocycles. The summed E-state index contributed by atoms with van der Waals surface area (Å²) in [4.78, 5) is 22.4. The minimum atomic E-state index is -0.142. The number of hydrogen-bond donors (Lipinski definition) is 1. The third-order valence-electron chi connectivity index (χ3n) is 3.89. The Morgan fingerprint density at radius 1 is 1.40 bits per heavy atom. The zero-order valence-corrected chi connectivity index (χ0v) is 12.4. The van der Waals surface area contributed by atoms with Crippen LogP contribution in [-0.2, 0) is 16.1 Å². The molecule has 0 spiro atoms. The number of nitrogens with zero attached hydrogens (tertiary/aromatic N) is 2. The summed E-state index contributed by atoms with van der Waals surface area (Å²) in [7, 11) is 0. The summed E-state index contributed by atoms with van der Waals surface area (Å²) >= 11 is 1.59. The maximum Gasteiger partial charge on any atom is 0.309 e. The van der Waals surface area contributed by atoms with Gasteiger partial charge in [0.1, 0.15) is 10.6 Å². The highest BCUT2D eigenvalue weighted by Gasteiger charge is 2.26. The Kier molecular flexibility index (Phi) is 3.33. The van der Waals surface area contributed by atoms with Gasteiger partial charge in [-0.15, -0.1) is 11.3 Å². The van der Waals surface area contributed by atoms with Crippen molar-refractivity contribution in [3.63, 3.8) is 0 Å². The molecule has 1 fully saturated rings. The number of thiophene rings is 1. The largest absolute Gasteiger partial charge is 0.457 e. The van der Waals surface area contributed by atoms with Crippen molar-refractivity contribution in [1.29, 1.82) is 0 Å². The zero-order chi connectivity index (χ0) is 14.3. The molecule has 106 valence electrons. The van der Waals surface area contributed by atoms with Crippen LogP contribution >= 0.6 is 11.3 Å². The molecular formula is C14H17N3O2S. The number of esters is 1. The summed E-state index contributed by atoms with van der Waals surface area (Å²) < 4.78 is 5.26. The van der Waals surface area contributed by atoms with Crippen molar-refractivity contribution in [1.82, 2.24) is 9.97 Å². The molecule has 0 unspecified atom stereocenters. The molecule has 0 radical (unpaired) electrons. The summed E-state index contributed by atoms with van der Waals surface area (Å²) in [6.45, 7) is 4.16. The number of nitrogen functional groups attached to an aromatic ring is 1. The molecule has 2 aromatic rings. The van der Waals surface area contributed by atoms with Crippen molar-refractivity contribution in [2.45, 2.75) is 39.7 Å². The zero-order valence-electron chi connectivity index (χ0n) is 11.6. The molecule has 1 aliphatic rings. The molecule has 2 heterocycles. The fourth-order valence-electron chi connectivity index (χ4n) is 2.29. The molecule has 20 heavy (non-hydrogen) atoms. The van der Waals surface area contributed by atoms with Crippen molar-refractivity contribution >= 4 is 33.3 Å². The maximum absolute atomic E-state index is 11.7. The minimum absolute atomic E-state index is 0.0716. The highest BCUT2D eigenvalue weighted by atomic mass is 32.1.